The lowest BCUT2D eigenvalue weighted by molar-refractivity contribution is 0.0134. The molecule has 5 heteroatoms. The Labute approximate surface area is 113 Å². The second kappa shape index (κ2) is 6.34. The minimum absolute atomic E-state index is 0.379. The largest absolute Gasteiger partial charge is 0.378 e. The first-order chi connectivity index (χ1) is 8.66. The summed E-state index contributed by atoms with van der Waals surface area (Å²) in [6.07, 6.45) is 5.00. The summed E-state index contributed by atoms with van der Waals surface area (Å²) in [5.74, 6) is 0.676. The lowest BCUT2D eigenvalue weighted by Crippen LogP contribution is -2.22. The summed E-state index contributed by atoms with van der Waals surface area (Å²) >= 11 is 6.06. The van der Waals surface area contributed by atoms with Crippen molar-refractivity contribution < 1.29 is 4.74 Å². The van der Waals surface area contributed by atoms with E-state index in [2.05, 4.69) is 15.3 Å². The normalized spacial score (nSPS) is 19.8. The van der Waals surface area contributed by atoms with Crippen LogP contribution in [0.3, 0.4) is 0 Å². The highest BCUT2D eigenvalue weighted by atomic mass is 35.5. The number of hydrogen-bond acceptors (Lipinski definition) is 4. The molecule has 1 N–H and O–H groups in total. The van der Waals surface area contributed by atoms with Crippen LogP contribution in [0.25, 0.3) is 0 Å². The predicted octanol–water partition coefficient (Wildman–Crippen LogP) is 3.12. The first kappa shape index (κ1) is 13.6. The quantitative estimate of drug-likeness (QED) is 0.912. The van der Waals surface area contributed by atoms with Gasteiger partial charge in [-0.2, -0.15) is 0 Å². The van der Waals surface area contributed by atoms with E-state index in [1.54, 1.807) is 0 Å². The second-order valence-corrected chi connectivity index (χ2v) is 5.10. The average molecular weight is 270 g/mol. The summed E-state index contributed by atoms with van der Waals surface area (Å²) in [6, 6.07) is 0. The van der Waals surface area contributed by atoms with Gasteiger partial charge in [0.1, 0.15) is 0 Å². The van der Waals surface area contributed by atoms with E-state index < -0.39 is 0 Å². The van der Waals surface area contributed by atoms with Crippen molar-refractivity contribution in [1.82, 2.24) is 9.97 Å². The molecule has 0 bridgehead atoms. The highest BCUT2D eigenvalue weighted by molar-refractivity contribution is 6.31. The zero-order valence-corrected chi connectivity index (χ0v) is 11.8. The summed E-state index contributed by atoms with van der Waals surface area (Å²) in [7, 11) is 0. The van der Waals surface area contributed by atoms with Gasteiger partial charge in [0.05, 0.1) is 17.5 Å². The Balaban J connectivity index is 1.84. The first-order valence-electron chi connectivity index (χ1n) is 6.53. The van der Waals surface area contributed by atoms with E-state index in [0.717, 1.165) is 37.4 Å². The maximum atomic E-state index is 6.06. The SMILES string of the molecule is Cc1nc(Cl)c(NCCC2CCCCO2)nc1C. The number of aromatic nitrogens is 2. The molecule has 2 rings (SSSR count). The van der Waals surface area contributed by atoms with Crippen LogP contribution in [-0.2, 0) is 4.74 Å². The topological polar surface area (TPSA) is 47.0 Å². The van der Waals surface area contributed by atoms with E-state index in [1.165, 1.54) is 12.8 Å². The van der Waals surface area contributed by atoms with Crippen LogP contribution in [0.2, 0.25) is 5.15 Å². The zero-order valence-electron chi connectivity index (χ0n) is 11.0. The third-order valence-corrected chi connectivity index (χ3v) is 3.56. The summed E-state index contributed by atoms with van der Waals surface area (Å²) < 4.78 is 5.68. The van der Waals surface area contributed by atoms with E-state index in [-0.39, 0.29) is 0 Å². The Morgan fingerprint density at radius 2 is 2.06 bits per heavy atom. The van der Waals surface area contributed by atoms with Crippen LogP contribution in [0.1, 0.15) is 37.1 Å². The zero-order chi connectivity index (χ0) is 13.0. The highest BCUT2D eigenvalue weighted by Crippen LogP contribution is 2.19. The monoisotopic (exact) mass is 269 g/mol. The van der Waals surface area contributed by atoms with E-state index in [9.17, 15) is 0 Å². The highest BCUT2D eigenvalue weighted by Gasteiger charge is 2.14. The van der Waals surface area contributed by atoms with Gasteiger partial charge in [-0.05, 0) is 39.5 Å². The van der Waals surface area contributed by atoms with Gasteiger partial charge in [0, 0.05) is 13.2 Å². The maximum absolute atomic E-state index is 6.06. The smallest absolute Gasteiger partial charge is 0.171 e. The lowest BCUT2D eigenvalue weighted by Gasteiger charge is -2.22. The number of ether oxygens (including phenoxy) is 1. The van der Waals surface area contributed by atoms with Crippen molar-refractivity contribution in [3.8, 4) is 0 Å². The Kier molecular flexibility index (Phi) is 4.78. The lowest BCUT2D eigenvalue weighted by atomic mass is 10.1. The molecule has 2 heterocycles. The summed E-state index contributed by atoms with van der Waals surface area (Å²) in [4.78, 5) is 8.66. The van der Waals surface area contributed by atoms with E-state index in [4.69, 9.17) is 16.3 Å². The second-order valence-electron chi connectivity index (χ2n) is 4.74. The van der Waals surface area contributed by atoms with Crippen molar-refractivity contribution >= 4 is 17.4 Å². The fourth-order valence-corrected chi connectivity index (χ4v) is 2.31. The summed E-state index contributed by atoms with van der Waals surface area (Å²) in [5.41, 5.74) is 1.79. The average Bonchev–Trinajstić information content (AvgIpc) is 2.37. The van der Waals surface area contributed by atoms with Gasteiger partial charge in [0.2, 0.25) is 0 Å². The molecule has 0 aliphatic carbocycles. The molecule has 1 saturated heterocycles. The van der Waals surface area contributed by atoms with Gasteiger partial charge in [0.25, 0.3) is 0 Å². The molecule has 4 nitrogen and oxygen atoms in total. The van der Waals surface area contributed by atoms with E-state index in [1.807, 2.05) is 13.8 Å². The number of nitrogens with one attached hydrogen (secondary N) is 1. The van der Waals surface area contributed by atoms with Crippen molar-refractivity contribution in [3.63, 3.8) is 0 Å². The van der Waals surface area contributed by atoms with Crippen molar-refractivity contribution in [1.29, 1.82) is 0 Å². The molecule has 1 unspecified atom stereocenters. The van der Waals surface area contributed by atoms with Gasteiger partial charge in [-0.3, -0.25) is 0 Å². The fourth-order valence-electron chi connectivity index (χ4n) is 2.07. The Hall–Kier alpha value is -0.870. The molecule has 1 atom stereocenters. The summed E-state index contributed by atoms with van der Waals surface area (Å²) in [6.45, 7) is 5.57. The van der Waals surface area contributed by atoms with Crippen molar-refractivity contribution in [2.45, 2.75) is 45.6 Å². The minimum Gasteiger partial charge on any atom is -0.378 e. The van der Waals surface area contributed by atoms with Crippen LogP contribution in [0, 0.1) is 13.8 Å². The Bertz CT molecular complexity index is 405. The molecule has 18 heavy (non-hydrogen) atoms. The number of rotatable bonds is 4. The molecule has 0 radical (unpaired) electrons. The summed E-state index contributed by atoms with van der Waals surface area (Å²) in [5, 5.41) is 3.69. The molecule has 100 valence electrons. The maximum Gasteiger partial charge on any atom is 0.171 e. The first-order valence-corrected chi connectivity index (χ1v) is 6.91. The predicted molar refractivity (Wildman–Crippen MR) is 73.2 cm³/mol. The molecule has 1 aliphatic rings. The van der Waals surface area contributed by atoms with Crippen molar-refractivity contribution in [3.05, 3.63) is 16.5 Å². The molecule has 0 aromatic carbocycles. The standard InChI is InChI=1S/C13H20ClN3O/c1-9-10(2)17-13(12(14)16-9)15-7-6-11-5-3-4-8-18-11/h11H,3-8H2,1-2H3,(H,15,17). The number of aryl methyl sites for hydroxylation is 2. The molecular weight excluding hydrogens is 250 g/mol. The number of nitrogens with zero attached hydrogens (tertiary/aromatic N) is 2. The van der Waals surface area contributed by atoms with Crippen LogP contribution in [0.4, 0.5) is 5.82 Å². The third-order valence-electron chi connectivity index (χ3n) is 3.30. The number of halogens is 1. The van der Waals surface area contributed by atoms with Gasteiger partial charge >= 0.3 is 0 Å². The minimum atomic E-state index is 0.379. The molecular formula is C13H20ClN3O. The Morgan fingerprint density at radius 3 is 2.78 bits per heavy atom. The molecule has 1 aromatic heterocycles. The van der Waals surface area contributed by atoms with Gasteiger partial charge in [0.15, 0.2) is 11.0 Å². The third kappa shape index (κ3) is 3.56. The Morgan fingerprint density at radius 1 is 1.28 bits per heavy atom. The van der Waals surface area contributed by atoms with E-state index >= 15 is 0 Å². The molecule has 0 saturated carbocycles. The van der Waals surface area contributed by atoms with Gasteiger partial charge in [-0.1, -0.05) is 11.6 Å². The van der Waals surface area contributed by atoms with E-state index in [0.29, 0.717) is 17.1 Å². The van der Waals surface area contributed by atoms with Crippen molar-refractivity contribution in [2.75, 3.05) is 18.5 Å². The van der Waals surface area contributed by atoms with Gasteiger partial charge in [-0.15, -0.1) is 0 Å². The molecule has 0 spiro atoms. The molecule has 1 aromatic rings. The molecule has 1 fully saturated rings. The van der Waals surface area contributed by atoms with Crippen LogP contribution < -0.4 is 5.32 Å². The fraction of sp³-hybridized carbons (Fsp3) is 0.692. The number of hydrogen-bond donors (Lipinski definition) is 1. The van der Waals surface area contributed by atoms with Crippen LogP contribution in [0.5, 0.6) is 0 Å². The van der Waals surface area contributed by atoms with Crippen LogP contribution in [-0.4, -0.2) is 29.2 Å². The molecule has 0 amide bonds. The van der Waals surface area contributed by atoms with Gasteiger partial charge < -0.3 is 10.1 Å². The number of anilines is 1. The van der Waals surface area contributed by atoms with Crippen LogP contribution in [0.15, 0.2) is 0 Å². The van der Waals surface area contributed by atoms with Gasteiger partial charge in [-0.25, -0.2) is 9.97 Å². The van der Waals surface area contributed by atoms with Crippen molar-refractivity contribution in [2.24, 2.45) is 0 Å². The van der Waals surface area contributed by atoms with Crippen LogP contribution >= 0.6 is 11.6 Å². The molecule has 1 aliphatic heterocycles.